The van der Waals surface area contributed by atoms with Gasteiger partial charge in [0.15, 0.2) is 5.84 Å². The third-order valence-corrected chi connectivity index (χ3v) is 6.25. The maximum Gasteiger partial charge on any atom is 0.163 e. The van der Waals surface area contributed by atoms with Gasteiger partial charge in [0.1, 0.15) is 11.1 Å². The molecule has 4 aromatic rings. The summed E-state index contributed by atoms with van der Waals surface area (Å²) in [6.45, 7) is 0. The molecule has 0 amide bonds. The van der Waals surface area contributed by atoms with Gasteiger partial charge in [0, 0.05) is 11.1 Å². The molecule has 1 unspecified atom stereocenters. The highest BCUT2D eigenvalue weighted by Crippen LogP contribution is 2.41. The van der Waals surface area contributed by atoms with Gasteiger partial charge in [-0.3, -0.25) is 5.41 Å². The number of nitrogens with two attached hydrogens (primary N) is 1. The maximum atomic E-state index is 10.1. The van der Waals surface area contributed by atoms with Crippen LogP contribution in [0.15, 0.2) is 112 Å². The van der Waals surface area contributed by atoms with Crippen LogP contribution in [0.2, 0.25) is 0 Å². The molecule has 33 heavy (non-hydrogen) atoms. The largest absolute Gasteiger partial charge is 0.305 e. The summed E-state index contributed by atoms with van der Waals surface area (Å²) in [4.78, 5) is 4.85. The predicted molar refractivity (Wildman–Crippen MR) is 132 cm³/mol. The van der Waals surface area contributed by atoms with Crippen molar-refractivity contribution in [3.63, 3.8) is 0 Å². The summed E-state index contributed by atoms with van der Waals surface area (Å²) in [6, 6.07) is 33.4. The van der Waals surface area contributed by atoms with Crippen molar-refractivity contribution in [2.75, 3.05) is 0 Å². The van der Waals surface area contributed by atoms with Gasteiger partial charge in [-0.1, -0.05) is 108 Å². The molecule has 3 N–H and O–H groups in total. The third kappa shape index (κ3) is 4.97. The normalized spacial score (nSPS) is 11.7. The Balaban J connectivity index is 1.90. The number of rotatable bonds is 6. The van der Waals surface area contributed by atoms with Crippen molar-refractivity contribution in [2.24, 2.45) is 16.2 Å². The van der Waals surface area contributed by atoms with E-state index in [9.17, 15) is 5.26 Å². The van der Waals surface area contributed by atoms with E-state index in [1.54, 1.807) is 0 Å². The molecule has 7 heteroatoms. The molecular weight excluding hydrogens is 428 g/mol. The van der Waals surface area contributed by atoms with Crippen LogP contribution in [0, 0.1) is 16.7 Å². The molecule has 0 aliphatic carbocycles. The first-order valence-corrected chi connectivity index (χ1v) is 11.1. The molecule has 1 heterocycles. The van der Waals surface area contributed by atoms with Crippen LogP contribution in [0.1, 0.15) is 16.4 Å². The van der Waals surface area contributed by atoms with Gasteiger partial charge >= 0.3 is 0 Å². The van der Waals surface area contributed by atoms with Gasteiger partial charge < -0.3 is 5.84 Å². The zero-order valence-electron chi connectivity index (χ0n) is 17.6. The fraction of sp³-hybridized carbons (Fsp3) is 0.0385. The number of nitrogens with one attached hydrogen (secondary N) is 1. The zero-order valence-corrected chi connectivity index (χ0v) is 18.4. The van der Waals surface area contributed by atoms with Gasteiger partial charge in [0.2, 0.25) is 0 Å². The average molecular weight is 449 g/mol. The first kappa shape index (κ1) is 21.9. The molecule has 0 aliphatic heterocycles. The molecule has 3 aromatic carbocycles. The average Bonchev–Trinajstić information content (AvgIpc) is 2.88. The second-order valence-electron chi connectivity index (χ2n) is 7.09. The highest BCUT2D eigenvalue weighted by molar-refractivity contribution is 8.00. The quantitative estimate of drug-likeness (QED) is 0.0884. The maximum absolute atomic E-state index is 10.1. The molecule has 1 aromatic heterocycles. The van der Waals surface area contributed by atoms with E-state index in [1.165, 1.54) is 11.8 Å². The minimum atomic E-state index is -0.534. The fourth-order valence-electron chi connectivity index (χ4n) is 3.45. The van der Waals surface area contributed by atoms with E-state index in [4.69, 9.17) is 16.2 Å². The topological polar surface area (TPSA) is 111 Å². The van der Waals surface area contributed by atoms with Crippen molar-refractivity contribution in [3.8, 4) is 28.5 Å². The van der Waals surface area contributed by atoms with Crippen LogP contribution < -0.4 is 5.84 Å². The fourth-order valence-corrected chi connectivity index (χ4v) is 4.55. The first-order valence-electron chi connectivity index (χ1n) is 10.2. The predicted octanol–water partition coefficient (Wildman–Crippen LogP) is 6.42. The van der Waals surface area contributed by atoms with Crippen LogP contribution in [0.3, 0.4) is 0 Å². The number of amidine groups is 1. The van der Waals surface area contributed by atoms with E-state index < -0.39 is 5.25 Å². The molecule has 0 aliphatic rings. The Hall–Kier alpha value is -4.28. The standard InChI is InChI=1S/C26H20N6S/c27-17-22-21(18-10-4-1-5-11-18)16-23(19-12-6-2-7-13-19)30-26(22)33-24(25(28)31-32-29)20-14-8-3-9-15-20/h1-16,24H,(H3,28,29,31). The van der Waals surface area contributed by atoms with Crippen LogP contribution in [0.25, 0.3) is 22.4 Å². The Morgan fingerprint density at radius 1 is 0.909 bits per heavy atom. The molecule has 160 valence electrons. The Kier molecular flexibility index (Phi) is 6.88. The van der Waals surface area contributed by atoms with Crippen LogP contribution in [0.5, 0.6) is 0 Å². The molecule has 6 nitrogen and oxygen atoms in total. The number of nitriles is 1. The Labute approximate surface area is 196 Å². The molecule has 0 fully saturated rings. The third-order valence-electron chi connectivity index (χ3n) is 5.00. The van der Waals surface area contributed by atoms with E-state index in [-0.39, 0.29) is 5.84 Å². The minimum Gasteiger partial charge on any atom is -0.305 e. The molecule has 0 spiro atoms. The summed E-state index contributed by atoms with van der Waals surface area (Å²) in [6.07, 6.45) is 0. The number of hydrogen-bond acceptors (Lipinski definition) is 5. The highest BCUT2D eigenvalue weighted by Gasteiger charge is 2.24. The summed E-state index contributed by atoms with van der Waals surface area (Å²) in [5, 5.41) is 25.6. The molecule has 0 radical (unpaired) electrons. The molecule has 0 saturated heterocycles. The van der Waals surface area contributed by atoms with E-state index in [0.29, 0.717) is 10.6 Å². The number of hydrogen-bond donors (Lipinski definition) is 2. The lowest BCUT2D eigenvalue weighted by Crippen LogP contribution is -2.07. The Bertz CT molecular complexity index is 1320. The molecule has 0 bridgehead atoms. The lowest BCUT2D eigenvalue weighted by atomic mass is 9.99. The number of benzene rings is 3. The SMILES string of the molecule is N#Cc1c(-c2ccccc2)cc(-c2ccccc2)nc1SC(C(=N)N=NN)c1ccccc1. The van der Waals surface area contributed by atoms with Crippen LogP contribution in [-0.4, -0.2) is 10.8 Å². The van der Waals surface area contributed by atoms with Crippen molar-refractivity contribution >= 4 is 17.6 Å². The van der Waals surface area contributed by atoms with E-state index in [0.717, 1.165) is 27.9 Å². The second kappa shape index (κ2) is 10.4. The van der Waals surface area contributed by atoms with Crippen molar-refractivity contribution < 1.29 is 0 Å². The van der Waals surface area contributed by atoms with E-state index >= 15 is 0 Å². The molecule has 4 rings (SSSR count). The van der Waals surface area contributed by atoms with Crippen LogP contribution in [-0.2, 0) is 0 Å². The van der Waals surface area contributed by atoms with Gasteiger partial charge in [0.25, 0.3) is 0 Å². The monoisotopic (exact) mass is 448 g/mol. The number of aromatic nitrogens is 1. The Morgan fingerprint density at radius 2 is 1.48 bits per heavy atom. The van der Waals surface area contributed by atoms with Crippen LogP contribution >= 0.6 is 11.8 Å². The van der Waals surface area contributed by atoms with Gasteiger partial charge in [-0.2, -0.15) is 5.26 Å². The van der Waals surface area contributed by atoms with Crippen molar-refractivity contribution in [2.45, 2.75) is 10.3 Å². The lowest BCUT2D eigenvalue weighted by Gasteiger charge is -2.18. The smallest absolute Gasteiger partial charge is 0.163 e. The molecular formula is C26H20N6S. The number of thioether (sulfide) groups is 1. The Morgan fingerprint density at radius 3 is 2.06 bits per heavy atom. The van der Waals surface area contributed by atoms with Gasteiger partial charge in [-0.25, -0.2) is 4.98 Å². The summed E-state index contributed by atoms with van der Waals surface area (Å²) in [7, 11) is 0. The van der Waals surface area contributed by atoms with Crippen molar-refractivity contribution in [3.05, 3.63) is 108 Å². The summed E-state index contributed by atoms with van der Waals surface area (Å²) < 4.78 is 0. The summed E-state index contributed by atoms with van der Waals surface area (Å²) >= 11 is 1.29. The van der Waals surface area contributed by atoms with Crippen molar-refractivity contribution in [1.29, 1.82) is 10.7 Å². The van der Waals surface area contributed by atoms with Gasteiger partial charge in [0.05, 0.1) is 16.5 Å². The highest BCUT2D eigenvalue weighted by atomic mass is 32.2. The first-order chi connectivity index (χ1) is 16.2. The molecule has 0 saturated carbocycles. The number of nitrogens with zero attached hydrogens (tertiary/aromatic N) is 4. The second-order valence-corrected chi connectivity index (χ2v) is 8.18. The summed E-state index contributed by atoms with van der Waals surface area (Å²) in [5.41, 5.74) is 4.68. The van der Waals surface area contributed by atoms with Gasteiger partial charge in [-0.15, -0.1) is 5.11 Å². The molecule has 1 atom stereocenters. The lowest BCUT2D eigenvalue weighted by molar-refractivity contribution is 1.04. The number of pyridine rings is 1. The van der Waals surface area contributed by atoms with E-state index in [1.807, 2.05) is 97.1 Å². The van der Waals surface area contributed by atoms with E-state index in [2.05, 4.69) is 16.4 Å². The van der Waals surface area contributed by atoms with Crippen LogP contribution in [0.4, 0.5) is 0 Å². The minimum absolute atomic E-state index is 0.0224. The summed E-state index contributed by atoms with van der Waals surface area (Å²) in [5.74, 6) is 5.21. The zero-order chi connectivity index (χ0) is 23.0. The van der Waals surface area contributed by atoms with Crippen molar-refractivity contribution in [1.82, 2.24) is 4.98 Å². The van der Waals surface area contributed by atoms with Gasteiger partial charge in [-0.05, 0) is 17.2 Å².